The molecule has 2 saturated heterocycles. The van der Waals surface area contributed by atoms with E-state index < -0.39 is 29.7 Å². The summed E-state index contributed by atoms with van der Waals surface area (Å²) in [4.78, 5) is 15.3. The van der Waals surface area contributed by atoms with Gasteiger partial charge in [-0.3, -0.25) is 4.57 Å². The lowest BCUT2D eigenvalue weighted by Gasteiger charge is -2.29. The van der Waals surface area contributed by atoms with Gasteiger partial charge in [-0.2, -0.15) is 4.98 Å². The number of aliphatic hydroxyl groups excluding tert-OH is 2. The minimum Gasteiger partial charge on any atom is -0.393 e. The lowest BCUT2D eigenvalue weighted by molar-refractivity contribution is -0.187. The van der Waals surface area contributed by atoms with Gasteiger partial charge in [-0.15, -0.1) is 0 Å². The maximum atomic E-state index is 11.7. The first-order chi connectivity index (χ1) is 8.57. The summed E-state index contributed by atoms with van der Waals surface area (Å²) in [7, 11) is 0. The first-order valence-corrected chi connectivity index (χ1v) is 5.50. The lowest BCUT2D eigenvalue weighted by Crippen LogP contribution is -2.44. The standard InChI is InChI=1S/C10H13N3O5/c11-5-1-2-13(9(16)12-5)8-6-7(15)10(3-14,18-8)4-17-6/h1-2,6-8,14-15H,3-4H2,(H2,11,12,16)/t6-,7?,8?,10+/m0/s1. The van der Waals surface area contributed by atoms with E-state index in [0.717, 1.165) is 0 Å². The molecule has 4 N–H and O–H groups in total. The molecule has 0 aromatic carbocycles. The minimum absolute atomic E-state index is 0.100. The first-order valence-electron chi connectivity index (χ1n) is 5.50. The smallest absolute Gasteiger partial charge is 0.351 e. The fraction of sp³-hybridized carbons (Fsp3) is 0.600. The second-order valence-corrected chi connectivity index (χ2v) is 4.49. The summed E-state index contributed by atoms with van der Waals surface area (Å²) >= 11 is 0. The van der Waals surface area contributed by atoms with Crippen molar-refractivity contribution >= 4 is 5.82 Å². The van der Waals surface area contributed by atoms with Crippen LogP contribution in [0.25, 0.3) is 0 Å². The Morgan fingerprint density at radius 3 is 3.06 bits per heavy atom. The molecular weight excluding hydrogens is 242 g/mol. The van der Waals surface area contributed by atoms with Crippen LogP contribution in [0.1, 0.15) is 6.23 Å². The molecule has 1 aromatic rings. The average molecular weight is 255 g/mol. The molecule has 0 radical (unpaired) electrons. The van der Waals surface area contributed by atoms with E-state index in [2.05, 4.69) is 4.98 Å². The zero-order valence-electron chi connectivity index (χ0n) is 9.39. The number of rotatable bonds is 2. The van der Waals surface area contributed by atoms with Crippen LogP contribution in [0.4, 0.5) is 5.82 Å². The number of nitrogen functional groups attached to an aromatic ring is 1. The summed E-state index contributed by atoms with van der Waals surface area (Å²) in [6.07, 6.45) is -1.05. The monoisotopic (exact) mass is 255 g/mol. The number of nitrogens with zero attached hydrogens (tertiary/aromatic N) is 2. The van der Waals surface area contributed by atoms with E-state index in [1.165, 1.54) is 16.8 Å². The number of hydrogen-bond donors (Lipinski definition) is 3. The van der Waals surface area contributed by atoms with Crippen LogP contribution in [0.3, 0.4) is 0 Å². The Balaban J connectivity index is 1.98. The van der Waals surface area contributed by atoms with Gasteiger partial charge in [0.2, 0.25) is 0 Å². The zero-order chi connectivity index (χ0) is 12.9. The highest BCUT2D eigenvalue weighted by Gasteiger charge is 2.61. The molecule has 18 heavy (non-hydrogen) atoms. The van der Waals surface area contributed by atoms with Gasteiger partial charge in [-0.05, 0) is 6.07 Å². The topological polar surface area (TPSA) is 120 Å². The number of ether oxygens (including phenoxy) is 2. The largest absolute Gasteiger partial charge is 0.393 e. The molecule has 0 spiro atoms. The highest BCUT2D eigenvalue weighted by atomic mass is 16.7. The molecule has 3 heterocycles. The van der Waals surface area contributed by atoms with Crippen molar-refractivity contribution in [1.29, 1.82) is 0 Å². The van der Waals surface area contributed by atoms with Crippen molar-refractivity contribution in [3.63, 3.8) is 0 Å². The maximum Gasteiger partial charge on any atom is 0.351 e. The Morgan fingerprint density at radius 2 is 2.44 bits per heavy atom. The Labute approximate surface area is 102 Å². The number of hydrogen-bond acceptors (Lipinski definition) is 7. The fourth-order valence-corrected chi connectivity index (χ4v) is 2.37. The van der Waals surface area contributed by atoms with Gasteiger partial charge >= 0.3 is 5.69 Å². The summed E-state index contributed by atoms with van der Waals surface area (Å²) in [5.74, 6) is 0.109. The van der Waals surface area contributed by atoms with Crippen LogP contribution in [-0.4, -0.2) is 50.8 Å². The third-order valence-electron chi connectivity index (χ3n) is 3.40. The summed E-state index contributed by atoms with van der Waals surface area (Å²) in [6.45, 7) is -0.276. The van der Waals surface area contributed by atoms with Crippen LogP contribution in [0.2, 0.25) is 0 Å². The van der Waals surface area contributed by atoms with Crippen molar-refractivity contribution in [1.82, 2.24) is 9.55 Å². The van der Waals surface area contributed by atoms with Crippen LogP contribution in [-0.2, 0) is 9.47 Å². The summed E-state index contributed by atoms with van der Waals surface area (Å²) in [5, 5.41) is 19.3. The van der Waals surface area contributed by atoms with E-state index in [-0.39, 0.29) is 19.0 Å². The van der Waals surface area contributed by atoms with Gasteiger partial charge in [0.1, 0.15) is 23.6 Å². The normalized spacial score (nSPS) is 38.2. The Morgan fingerprint density at radius 1 is 1.67 bits per heavy atom. The molecular formula is C10H13N3O5. The van der Waals surface area contributed by atoms with Crippen LogP contribution in [0.5, 0.6) is 0 Å². The average Bonchev–Trinajstić information content (AvgIpc) is 2.81. The van der Waals surface area contributed by atoms with Crippen LogP contribution < -0.4 is 11.4 Å². The number of fused-ring (bicyclic) bond motifs is 2. The van der Waals surface area contributed by atoms with Crippen molar-refractivity contribution in [2.75, 3.05) is 18.9 Å². The van der Waals surface area contributed by atoms with Crippen molar-refractivity contribution < 1.29 is 19.7 Å². The molecule has 8 nitrogen and oxygen atoms in total. The van der Waals surface area contributed by atoms with E-state index in [0.29, 0.717) is 0 Å². The van der Waals surface area contributed by atoms with Gasteiger partial charge in [0.15, 0.2) is 6.23 Å². The first kappa shape index (κ1) is 11.6. The molecule has 2 fully saturated rings. The highest BCUT2D eigenvalue weighted by molar-refractivity contribution is 5.24. The molecule has 2 aliphatic heterocycles. The van der Waals surface area contributed by atoms with Crippen LogP contribution >= 0.6 is 0 Å². The van der Waals surface area contributed by atoms with E-state index in [1.54, 1.807) is 0 Å². The van der Waals surface area contributed by atoms with E-state index >= 15 is 0 Å². The lowest BCUT2D eigenvalue weighted by atomic mass is 10.0. The van der Waals surface area contributed by atoms with E-state index in [9.17, 15) is 15.0 Å². The number of aliphatic hydroxyl groups is 2. The Kier molecular flexibility index (Phi) is 2.42. The zero-order valence-corrected chi connectivity index (χ0v) is 9.39. The van der Waals surface area contributed by atoms with Crippen molar-refractivity contribution in [2.24, 2.45) is 0 Å². The molecule has 2 unspecified atom stereocenters. The quantitative estimate of drug-likeness (QED) is 0.550. The SMILES string of the molecule is Nc1ccn(C2O[C@]3(CO)CO[C@H]2C3O)c(=O)n1. The second kappa shape index (κ2) is 3.75. The van der Waals surface area contributed by atoms with Crippen LogP contribution in [0, 0.1) is 0 Å². The predicted octanol–water partition coefficient (Wildman–Crippen LogP) is -2.15. The molecule has 2 bridgehead atoms. The van der Waals surface area contributed by atoms with Crippen molar-refractivity contribution in [3.8, 4) is 0 Å². The van der Waals surface area contributed by atoms with Crippen molar-refractivity contribution in [2.45, 2.75) is 24.0 Å². The van der Waals surface area contributed by atoms with Gasteiger partial charge in [-0.1, -0.05) is 0 Å². The van der Waals surface area contributed by atoms with Gasteiger partial charge in [-0.25, -0.2) is 4.79 Å². The fourth-order valence-electron chi connectivity index (χ4n) is 2.37. The van der Waals surface area contributed by atoms with Gasteiger partial charge in [0.05, 0.1) is 13.2 Å². The summed E-state index contributed by atoms with van der Waals surface area (Å²) < 4.78 is 12.1. The van der Waals surface area contributed by atoms with Crippen molar-refractivity contribution in [3.05, 3.63) is 22.7 Å². The summed E-state index contributed by atoms with van der Waals surface area (Å²) in [5.41, 5.74) is 3.65. The highest BCUT2D eigenvalue weighted by Crippen LogP contribution is 2.44. The van der Waals surface area contributed by atoms with Gasteiger partial charge in [0, 0.05) is 6.20 Å². The third kappa shape index (κ3) is 1.40. The molecule has 3 rings (SSSR count). The second-order valence-electron chi connectivity index (χ2n) is 4.49. The van der Waals surface area contributed by atoms with E-state index in [4.69, 9.17) is 15.2 Å². The molecule has 98 valence electrons. The predicted molar refractivity (Wildman–Crippen MR) is 58.6 cm³/mol. The van der Waals surface area contributed by atoms with Gasteiger partial charge in [0.25, 0.3) is 0 Å². The molecule has 0 saturated carbocycles. The number of nitrogens with two attached hydrogens (primary N) is 1. The van der Waals surface area contributed by atoms with E-state index in [1.807, 2.05) is 0 Å². The minimum atomic E-state index is -1.16. The molecule has 8 heteroatoms. The summed E-state index contributed by atoms with van der Waals surface area (Å²) in [6, 6.07) is 1.45. The number of anilines is 1. The molecule has 0 amide bonds. The Hall–Kier alpha value is -1.48. The van der Waals surface area contributed by atoms with Crippen LogP contribution in [0.15, 0.2) is 17.1 Å². The molecule has 2 aliphatic rings. The number of aromatic nitrogens is 2. The van der Waals surface area contributed by atoms with Gasteiger partial charge < -0.3 is 25.4 Å². The molecule has 4 atom stereocenters. The Bertz CT molecular complexity index is 532. The maximum absolute atomic E-state index is 11.7. The molecule has 0 aliphatic carbocycles. The third-order valence-corrected chi connectivity index (χ3v) is 3.40. The molecule has 1 aromatic heterocycles.